The molecule has 1 saturated heterocycles. The Hall–Kier alpha value is -4.84. The minimum atomic E-state index is -0.789. The van der Waals surface area contributed by atoms with Crippen LogP contribution in [0.2, 0.25) is 0 Å². The third-order valence-electron chi connectivity index (χ3n) is 7.17. The van der Waals surface area contributed by atoms with Gasteiger partial charge in [-0.05, 0) is 49.1 Å². The molecular formula is C35H33NO5. The van der Waals surface area contributed by atoms with Crippen molar-refractivity contribution in [1.82, 2.24) is 4.90 Å². The minimum absolute atomic E-state index is 0.0623. The molecule has 1 heterocycles. The fourth-order valence-electron chi connectivity index (χ4n) is 5.04. The maximum atomic E-state index is 13.5. The van der Waals surface area contributed by atoms with E-state index in [0.29, 0.717) is 48.8 Å². The second-order valence-corrected chi connectivity index (χ2v) is 10.0. The second kappa shape index (κ2) is 12.6. The van der Waals surface area contributed by atoms with E-state index in [1.165, 1.54) is 0 Å². The van der Waals surface area contributed by atoms with Gasteiger partial charge in [-0.1, -0.05) is 96.6 Å². The molecule has 0 spiro atoms. The van der Waals surface area contributed by atoms with E-state index < -0.39 is 17.7 Å². The van der Waals surface area contributed by atoms with Gasteiger partial charge < -0.3 is 19.5 Å². The molecule has 1 atom stereocenters. The quantitative estimate of drug-likeness (QED) is 0.137. The van der Waals surface area contributed by atoms with E-state index >= 15 is 0 Å². The first-order valence-electron chi connectivity index (χ1n) is 13.8. The molecule has 0 saturated carbocycles. The van der Waals surface area contributed by atoms with E-state index in [1.807, 2.05) is 92.7 Å². The van der Waals surface area contributed by atoms with Gasteiger partial charge in [0.25, 0.3) is 11.7 Å². The SMILES string of the molecule is CCOc1cc(C2C(=C(O)c3ccc(C)cc3)C(=O)C(=O)N2CCc2ccccc2)ccc1OCc1ccccc1. The second-order valence-electron chi connectivity index (χ2n) is 10.0. The Bertz CT molecular complexity index is 1550. The summed E-state index contributed by atoms with van der Waals surface area (Å²) in [5.74, 6) is -0.479. The van der Waals surface area contributed by atoms with Crippen molar-refractivity contribution in [3.63, 3.8) is 0 Å². The monoisotopic (exact) mass is 547 g/mol. The molecule has 1 aliphatic heterocycles. The Balaban J connectivity index is 1.55. The lowest BCUT2D eigenvalue weighted by molar-refractivity contribution is -0.139. The van der Waals surface area contributed by atoms with Gasteiger partial charge in [0.1, 0.15) is 12.4 Å². The summed E-state index contributed by atoms with van der Waals surface area (Å²) in [4.78, 5) is 28.4. The van der Waals surface area contributed by atoms with Gasteiger partial charge in [-0.15, -0.1) is 0 Å². The molecule has 6 heteroatoms. The molecule has 4 aromatic carbocycles. The summed E-state index contributed by atoms with van der Waals surface area (Å²) in [6.07, 6.45) is 0.561. The zero-order valence-electron chi connectivity index (χ0n) is 23.2. The molecule has 1 N–H and O–H groups in total. The fourth-order valence-corrected chi connectivity index (χ4v) is 5.04. The number of benzene rings is 4. The molecule has 0 bridgehead atoms. The van der Waals surface area contributed by atoms with E-state index in [0.717, 1.165) is 16.7 Å². The molecular weight excluding hydrogens is 514 g/mol. The largest absolute Gasteiger partial charge is 0.507 e. The topological polar surface area (TPSA) is 76.1 Å². The first-order valence-corrected chi connectivity index (χ1v) is 13.8. The highest BCUT2D eigenvalue weighted by Gasteiger charge is 2.46. The first-order chi connectivity index (χ1) is 20.0. The van der Waals surface area contributed by atoms with Crippen LogP contribution in [0.3, 0.4) is 0 Å². The number of amides is 1. The zero-order chi connectivity index (χ0) is 28.8. The summed E-state index contributed by atoms with van der Waals surface area (Å²) in [7, 11) is 0. The molecule has 1 aliphatic rings. The number of ether oxygens (including phenoxy) is 2. The normalized spacial score (nSPS) is 16.1. The fraction of sp³-hybridized carbons (Fsp3) is 0.200. The van der Waals surface area contributed by atoms with Crippen LogP contribution >= 0.6 is 0 Å². The van der Waals surface area contributed by atoms with Gasteiger partial charge in [0.2, 0.25) is 0 Å². The van der Waals surface area contributed by atoms with Crippen LogP contribution in [0, 0.1) is 6.92 Å². The number of aryl methyl sites for hydroxylation is 1. The number of aliphatic hydroxyl groups excluding tert-OH is 1. The zero-order valence-corrected chi connectivity index (χ0v) is 23.2. The predicted octanol–water partition coefficient (Wildman–Crippen LogP) is 6.64. The predicted molar refractivity (Wildman–Crippen MR) is 159 cm³/mol. The average Bonchev–Trinajstić information content (AvgIpc) is 3.25. The third kappa shape index (κ3) is 6.17. The molecule has 208 valence electrons. The summed E-state index contributed by atoms with van der Waals surface area (Å²) in [6, 6.07) is 31.5. The summed E-state index contributed by atoms with van der Waals surface area (Å²) in [6.45, 7) is 4.91. The van der Waals surface area contributed by atoms with Crippen LogP contribution in [0.5, 0.6) is 11.5 Å². The third-order valence-corrected chi connectivity index (χ3v) is 7.17. The summed E-state index contributed by atoms with van der Waals surface area (Å²) in [5, 5.41) is 11.4. The van der Waals surface area contributed by atoms with Gasteiger partial charge in [-0.2, -0.15) is 0 Å². The Morgan fingerprint density at radius 1 is 0.805 bits per heavy atom. The van der Waals surface area contributed by atoms with Crippen LogP contribution in [-0.2, 0) is 22.6 Å². The van der Waals surface area contributed by atoms with Crippen LogP contribution in [0.25, 0.3) is 5.76 Å². The van der Waals surface area contributed by atoms with Crippen LogP contribution in [0.4, 0.5) is 0 Å². The van der Waals surface area contributed by atoms with Crippen molar-refractivity contribution in [2.45, 2.75) is 32.9 Å². The molecule has 0 aromatic heterocycles. The summed E-state index contributed by atoms with van der Waals surface area (Å²) < 4.78 is 12.0. The number of Topliss-reactive ketones (excluding diaryl/α,β-unsaturated/α-hetero) is 1. The van der Waals surface area contributed by atoms with Crippen molar-refractivity contribution in [1.29, 1.82) is 0 Å². The minimum Gasteiger partial charge on any atom is -0.507 e. The molecule has 1 unspecified atom stereocenters. The number of carbonyl (C=O) groups is 2. The molecule has 41 heavy (non-hydrogen) atoms. The number of ketones is 1. The van der Waals surface area contributed by atoms with E-state index in [4.69, 9.17) is 9.47 Å². The van der Waals surface area contributed by atoms with Crippen molar-refractivity contribution in [3.05, 3.63) is 137 Å². The van der Waals surface area contributed by atoms with Crippen molar-refractivity contribution in [2.24, 2.45) is 0 Å². The molecule has 5 rings (SSSR count). The number of nitrogens with zero attached hydrogens (tertiary/aromatic N) is 1. The van der Waals surface area contributed by atoms with Gasteiger partial charge in [-0.3, -0.25) is 9.59 Å². The molecule has 0 aliphatic carbocycles. The smallest absolute Gasteiger partial charge is 0.295 e. The molecule has 1 fully saturated rings. The number of likely N-dealkylation sites (tertiary alicyclic amines) is 1. The molecule has 6 nitrogen and oxygen atoms in total. The van der Waals surface area contributed by atoms with Gasteiger partial charge in [-0.25, -0.2) is 0 Å². The van der Waals surface area contributed by atoms with Crippen LogP contribution in [0.15, 0.2) is 109 Å². The van der Waals surface area contributed by atoms with E-state index in [9.17, 15) is 14.7 Å². The highest BCUT2D eigenvalue weighted by molar-refractivity contribution is 6.46. The lowest BCUT2D eigenvalue weighted by atomic mass is 9.94. The number of hydrogen-bond donors (Lipinski definition) is 1. The lowest BCUT2D eigenvalue weighted by Crippen LogP contribution is -2.31. The van der Waals surface area contributed by atoms with Gasteiger partial charge in [0.15, 0.2) is 11.5 Å². The first kappa shape index (κ1) is 27.7. The van der Waals surface area contributed by atoms with E-state index in [1.54, 1.807) is 29.2 Å². The Morgan fingerprint density at radius 3 is 2.12 bits per heavy atom. The summed E-state index contributed by atoms with van der Waals surface area (Å²) in [5.41, 5.74) is 4.29. The average molecular weight is 548 g/mol. The van der Waals surface area contributed by atoms with E-state index in [-0.39, 0.29) is 11.3 Å². The van der Waals surface area contributed by atoms with Crippen molar-refractivity contribution >= 4 is 17.4 Å². The van der Waals surface area contributed by atoms with E-state index in [2.05, 4.69) is 0 Å². The number of aliphatic hydroxyl groups is 1. The number of carbonyl (C=O) groups excluding carboxylic acids is 2. The standard InChI is InChI=1S/C35H33NO5/c1-3-40-30-22-28(18-19-29(30)41-23-26-12-8-5-9-13-26)32-31(33(37)27-16-14-24(2)15-17-27)34(38)35(39)36(32)21-20-25-10-6-4-7-11-25/h4-19,22,32,37H,3,20-21,23H2,1-2H3. The number of rotatable bonds is 10. The van der Waals surface area contributed by atoms with Crippen molar-refractivity contribution < 1.29 is 24.2 Å². The van der Waals surface area contributed by atoms with Crippen LogP contribution in [0.1, 0.15) is 40.8 Å². The van der Waals surface area contributed by atoms with Gasteiger partial charge >= 0.3 is 0 Å². The van der Waals surface area contributed by atoms with Crippen molar-refractivity contribution in [2.75, 3.05) is 13.2 Å². The summed E-state index contributed by atoms with van der Waals surface area (Å²) >= 11 is 0. The van der Waals surface area contributed by atoms with Crippen LogP contribution in [-0.4, -0.2) is 34.8 Å². The molecule has 1 amide bonds. The Labute approximate surface area is 240 Å². The lowest BCUT2D eigenvalue weighted by Gasteiger charge is -2.26. The highest BCUT2D eigenvalue weighted by atomic mass is 16.5. The Kier molecular flexibility index (Phi) is 8.49. The maximum absolute atomic E-state index is 13.5. The van der Waals surface area contributed by atoms with Crippen LogP contribution < -0.4 is 9.47 Å². The Morgan fingerprint density at radius 2 is 1.46 bits per heavy atom. The van der Waals surface area contributed by atoms with Crippen molar-refractivity contribution in [3.8, 4) is 11.5 Å². The number of hydrogen-bond acceptors (Lipinski definition) is 5. The maximum Gasteiger partial charge on any atom is 0.295 e. The molecule has 0 radical (unpaired) electrons. The van der Waals surface area contributed by atoms with Gasteiger partial charge in [0.05, 0.1) is 18.2 Å². The highest BCUT2D eigenvalue weighted by Crippen LogP contribution is 2.42. The molecule has 4 aromatic rings. The van der Waals surface area contributed by atoms with Gasteiger partial charge in [0, 0.05) is 12.1 Å².